The summed E-state index contributed by atoms with van der Waals surface area (Å²) >= 11 is 6.43. The highest BCUT2D eigenvalue weighted by atomic mass is 35.5. The molecule has 41 heavy (non-hydrogen) atoms. The molecule has 0 spiro atoms. The van der Waals surface area contributed by atoms with E-state index in [4.69, 9.17) is 25.8 Å². The Balaban J connectivity index is 1.43. The summed E-state index contributed by atoms with van der Waals surface area (Å²) < 4.78 is 55.1. The van der Waals surface area contributed by atoms with E-state index >= 15 is 0 Å². The summed E-state index contributed by atoms with van der Waals surface area (Å²) in [5, 5.41) is 6.42. The van der Waals surface area contributed by atoms with Gasteiger partial charge < -0.3 is 19.1 Å². The SMILES string of the molecule is COCCN(CC(=O)N1N=C(c2ccccc2Cl)C[C@@H]1c1ccc2c(c1)OCO2)C(=O)c1ccc(C(F)(F)F)cc1. The van der Waals surface area contributed by atoms with Crippen LogP contribution in [0, 0.1) is 0 Å². The van der Waals surface area contributed by atoms with Crippen molar-refractivity contribution in [1.29, 1.82) is 0 Å². The van der Waals surface area contributed by atoms with E-state index in [2.05, 4.69) is 5.10 Å². The Bertz CT molecular complexity index is 1480. The number of hydrazone groups is 1. The molecule has 0 unspecified atom stereocenters. The standard InChI is InChI=1S/C29H25ClF3N3O5/c1-39-13-12-35(28(38)18-6-9-20(10-7-18)29(31,32)33)16-27(37)36-24(19-8-11-25-26(14-19)41-17-40-25)15-23(34-36)21-4-2-3-5-22(21)30/h2-11,14,24H,12-13,15-17H2,1H3/t24-/m1/s1. The molecule has 0 saturated carbocycles. The number of alkyl halides is 3. The monoisotopic (exact) mass is 587 g/mol. The molecule has 0 aliphatic carbocycles. The number of benzene rings is 3. The first-order valence-corrected chi connectivity index (χ1v) is 13.0. The summed E-state index contributed by atoms with van der Waals surface area (Å²) in [5.41, 5.74) is 1.14. The Morgan fingerprint density at radius 1 is 1.07 bits per heavy atom. The van der Waals surface area contributed by atoms with Gasteiger partial charge in [-0.25, -0.2) is 5.01 Å². The second-order valence-corrected chi connectivity index (χ2v) is 9.80. The highest BCUT2D eigenvalue weighted by Crippen LogP contribution is 2.40. The summed E-state index contributed by atoms with van der Waals surface area (Å²) in [6, 6.07) is 15.8. The fourth-order valence-corrected chi connectivity index (χ4v) is 4.90. The summed E-state index contributed by atoms with van der Waals surface area (Å²) in [6.45, 7) is -0.150. The molecule has 12 heteroatoms. The minimum atomic E-state index is -4.54. The third kappa shape index (κ3) is 6.15. The van der Waals surface area contributed by atoms with Gasteiger partial charge in [0.1, 0.15) is 6.54 Å². The van der Waals surface area contributed by atoms with Crippen LogP contribution in [0.25, 0.3) is 0 Å². The molecule has 3 aromatic rings. The Morgan fingerprint density at radius 2 is 1.80 bits per heavy atom. The van der Waals surface area contributed by atoms with E-state index in [1.54, 1.807) is 24.3 Å². The number of methoxy groups -OCH3 is 1. The van der Waals surface area contributed by atoms with Crippen molar-refractivity contribution in [2.75, 3.05) is 33.6 Å². The van der Waals surface area contributed by atoms with Gasteiger partial charge >= 0.3 is 6.18 Å². The number of nitrogens with zero attached hydrogens (tertiary/aromatic N) is 3. The first-order chi connectivity index (χ1) is 19.7. The molecule has 2 aliphatic heterocycles. The molecule has 2 aliphatic rings. The molecule has 0 radical (unpaired) electrons. The lowest BCUT2D eigenvalue weighted by molar-refractivity contribution is -0.137. The zero-order chi connectivity index (χ0) is 29.1. The first kappa shape index (κ1) is 28.4. The lowest BCUT2D eigenvalue weighted by Gasteiger charge is -2.27. The van der Waals surface area contributed by atoms with Gasteiger partial charge in [-0.05, 0) is 48.0 Å². The maximum atomic E-state index is 13.8. The normalized spacial score (nSPS) is 16.1. The van der Waals surface area contributed by atoms with Crippen molar-refractivity contribution in [2.24, 2.45) is 5.10 Å². The Morgan fingerprint density at radius 3 is 2.51 bits per heavy atom. The number of rotatable bonds is 8. The van der Waals surface area contributed by atoms with Crippen LogP contribution in [0.4, 0.5) is 13.2 Å². The van der Waals surface area contributed by atoms with Crippen molar-refractivity contribution >= 4 is 29.1 Å². The average molecular weight is 588 g/mol. The molecule has 0 N–H and O–H groups in total. The van der Waals surface area contributed by atoms with Crippen LogP contribution in [-0.4, -0.2) is 61.0 Å². The summed E-state index contributed by atoms with van der Waals surface area (Å²) in [7, 11) is 1.44. The van der Waals surface area contributed by atoms with Gasteiger partial charge in [-0.15, -0.1) is 0 Å². The molecule has 0 aromatic heterocycles. The topological polar surface area (TPSA) is 80.7 Å². The van der Waals surface area contributed by atoms with Gasteiger partial charge in [-0.1, -0.05) is 35.9 Å². The average Bonchev–Trinajstić information content (AvgIpc) is 3.62. The molecule has 2 amide bonds. The van der Waals surface area contributed by atoms with Crippen molar-refractivity contribution in [3.63, 3.8) is 0 Å². The minimum Gasteiger partial charge on any atom is -0.454 e. The van der Waals surface area contributed by atoms with Crippen LogP contribution in [0.3, 0.4) is 0 Å². The number of ether oxygens (including phenoxy) is 3. The molecule has 0 saturated heterocycles. The van der Waals surface area contributed by atoms with Crippen LogP contribution >= 0.6 is 11.6 Å². The molecule has 0 fully saturated rings. The molecular weight excluding hydrogens is 563 g/mol. The smallest absolute Gasteiger partial charge is 0.416 e. The van der Waals surface area contributed by atoms with Crippen LogP contribution < -0.4 is 9.47 Å². The number of amides is 2. The zero-order valence-corrected chi connectivity index (χ0v) is 22.6. The maximum absolute atomic E-state index is 13.8. The lowest BCUT2D eigenvalue weighted by Crippen LogP contribution is -2.42. The van der Waals surface area contributed by atoms with E-state index in [-0.39, 0.29) is 32.1 Å². The van der Waals surface area contributed by atoms with Gasteiger partial charge in [0.2, 0.25) is 6.79 Å². The minimum absolute atomic E-state index is 0.0101. The fourth-order valence-electron chi connectivity index (χ4n) is 4.65. The molecule has 5 rings (SSSR count). The Hall–Kier alpha value is -4.09. The van der Waals surface area contributed by atoms with Gasteiger partial charge in [0.25, 0.3) is 11.8 Å². The second-order valence-electron chi connectivity index (χ2n) is 9.39. The van der Waals surface area contributed by atoms with E-state index in [9.17, 15) is 22.8 Å². The van der Waals surface area contributed by atoms with Crippen molar-refractivity contribution in [3.8, 4) is 11.5 Å². The van der Waals surface area contributed by atoms with Crippen LogP contribution in [-0.2, 0) is 15.7 Å². The third-order valence-electron chi connectivity index (χ3n) is 6.77. The van der Waals surface area contributed by atoms with Crippen LogP contribution in [0.15, 0.2) is 71.8 Å². The molecule has 2 heterocycles. The molecule has 0 bridgehead atoms. The van der Waals surface area contributed by atoms with E-state index < -0.39 is 29.6 Å². The number of halogens is 4. The molecule has 214 valence electrons. The van der Waals surface area contributed by atoms with E-state index in [0.29, 0.717) is 34.2 Å². The van der Waals surface area contributed by atoms with Gasteiger partial charge in [0, 0.05) is 36.2 Å². The molecule has 1 atom stereocenters. The van der Waals surface area contributed by atoms with Gasteiger partial charge in [0.15, 0.2) is 11.5 Å². The van der Waals surface area contributed by atoms with Crippen molar-refractivity contribution in [2.45, 2.75) is 18.6 Å². The number of fused-ring (bicyclic) bond motifs is 1. The van der Waals surface area contributed by atoms with E-state index in [1.165, 1.54) is 17.0 Å². The molecular formula is C29H25ClF3N3O5. The summed E-state index contributed by atoms with van der Waals surface area (Å²) in [4.78, 5) is 28.3. The largest absolute Gasteiger partial charge is 0.454 e. The summed E-state index contributed by atoms with van der Waals surface area (Å²) in [5.74, 6) is 0.0226. The van der Waals surface area contributed by atoms with Crippen molar-refractivity contribution in [3.05, 3.63) is 94.0 Å². The highest BCUT2D eigenvalue weighted by Gasteiger charge is 2.36. The van der Waals surface area contributed by atoms with Gasteiger partial charge in [-0.3, -0.25) is 9.59 Å². The third-order valence-corrected chi connectivity index (χ3v) is 7.10. The number of hydrogen-bond donors (Lipinski definition) is 0. The number of carbonyl (C=O) groups excluding carboxylic acids is 2. The maximum Gasteiger partial charge on any atom is 0.416 e. The number of carbonyl (C=O) groups is 2. The molecule has 8 nitrogen and oxygen atoms in total. The van der Waals surface area contributed by atoms with Crippen LogP contribution in [0.5, 0.6) is 11.5 Å². The first-order valence-electron chi connectivity index (χ1n) is 12.6. The Labute approximate surface area is 238 Å². The number of hydrogen-bond acceptors (Lipinski definition) is 6. The predicted octanol–water partition coefficient (Wildman–Crippen LogP) is 5.55. The zero-order valence-electron chi connectivity index (χ0n) is 21.9. The molecule has 3 aromatic carbocycles. The quantitative estimate of drug-likeness (QED) is 0.345. The van der Waals surface area contributed by atoms with E-state index in [0.717, 1.165) is 29.8 Å². The van der Waals surface area contributed by atoms with Crippen molar-refractivity contribution < 1.29 is 37.0 Å². The van der Waals surface area contributed by atoms with Gasteiger partial charge in [-0.2, -0.15) is 18.3 Å². The van der Waals surface area contributed by atoms with E-state index in [1.807, 2.05) is 18.2 Å². The predicted molar refractivity (Wildman–Crippen MR) is 144 cm³/mol. The highest BCUT2D eigenvalue weighted by molar-refractivity contribution is 6.34. The summed E-state index contributed by atoms with van der Waals surface area (Å²) in [6.07, 6.45) is -4.19. The van der Waals surface area contributed by atoms with Crippen molar-refractivity contribution in [1.82, 2.24) is 9.91 Å². The van der Waals surface area contributed by atoms with Gasteiger partial charge in [0.05, 0.1) is 23.9 Å². The Kier molecular flexibility index (Phi) is 8.18. The van der Waals surface area contributed by atoms with Crippen LogP contribution in [0.1, 0.15) is 39.5 Å². The lowest BCUT2D eigenvalue weighted by atomic mass is 9.98. The van der Waals surface area contributed by atoms with Crippen LogP contribution in [0.2, 0.25) is 5.02 Å². The fraction of sp³-hybridized carbons (Fsp3) is 0.276. The second kappa shape index (κ2) is 11.8.